The number of benzene rings is 1. The summed E-state index contributed by atoms with van der Waals surface area (Å²) in [5.74, 6) is -0.872. The molecule has 22 heavy (non-hydrogen) atoms. The Morgan fingerprint density at radius 2 is 1.77 bits per heavy atom. The average Bonchev–Trinajstić information content (AvgIpc) is 2.42. The Morgan fingerprint density at radius 3 is 2.41 bits per heavy atom. The quantitative estimate of drug-likeness (QED) is 0.565. The molecular formula is C20H26O2. The highest BCUT2D eigenvalue weighted by Crippen LogP contribution is 2.20. The summed E-state index contributed by atoms with van der Waals surface area (Å²) >= 11 is 0. The summed E-state index contributed by atoms with van der Waals surface area (Å²) in [6, 6.07) is 4.31. The molecule has 0 saturated carbocycles. The fourth-order valence-corrected chi connectivity index (χ4v) is 2.32. The summed E-state index contributed by atoms with van der Waals surface area (Å²) in [6.45, 7) is 10.3. The van der Waals surface area contributed by atoms with Gasteiger partial charge in [0, 0.05) is 6.08 Å². The van der Waals surface area contributed by atoms with Crippen LogP contribution in [0.1, 0.15) is 48.9 Å². The van der Waals surface area contributed by atoms with Crippen molar-refractivity contribution in [2.75, 3.05) is 0 Å². The molecule has 1 N–H and O–H groups in total. The van der Waals surface area contributed by atoms with Gasteiger partial charge in [-0.2, -0.15) is 0 Å². The highest BCUT2D eigenvalue weighted by Gasteiger charge is 2.01. The van der Waals surface area contributed by atoms with Gasteiger partial charge in [0.15, 0.2) is 0 Å². The van der Waals surface area contributed by atoms with Crippen LogP contribution in [-0.4, -0.2) is 11.1 Å². The Balaban J connectivity index is 2.72. The van der Waals surface area contributed by atoms with Gasteiger partial charge in [-0.15, -0.1) is 0 Å². The van der Waals surface area contributed by atoms with E-state index in [2.05, 4.69) is 58.1 Å². The minimum absolute atomic E-state index is 0.778. The van der Waals surface area contributed by atoms with Crippen LogP contribution in [-0.2, 0) is 4.79 Å². The van der Waals surface area contributed by atoms with Gasteiger partial charge in [0.05, 0.1) is 0 Å². The van der Waals surface area contributed by atoms with Gasteiger partial charge in [0.2, 0.25) is 0 Å². The summed E-state index contributed by atoms with van der Waals surface area (Å²) < 4.78 is 0. The van der Waals surface area contributed by atoms with Gasteiger partial charge in [-0.05, 0) is 69.7 Å². The number of rotatable bonds is 6. The Labute approximate surface area is 133 Å². The number of allylic oxidation sites excluding steroid dienone is 4. The van der Waals surface area contributed by atoms with Crippen molar-refractivity contribution in [3.8, 4) is 0 Å². The zero-order valence-electron chi connectivity index (χ0n) is 14.2. The second-order valence-corrected chi connectivity index (χ2v) is 5.89. The Kier molecular flexibility index (Phi) is 6.84. The van der Waals surface area contributed by atoms with Crippen molar-refractivity contribution in [1.29, 1.82) is 0 Å². The smallest absolute Gasteiger partial charge is 0.328 e. The SMILES string of the molecule is CC(/C=C/c1c(C)ccc(C)c1C)=C\CC/C(C)=C/C(=O)O. The van der Waals surface area contributed by atoms with Crippen LogP contribution in [0.3, 0.4) is 0 Å². The number of aryl methyl sites for hydroxylation is 2. The molecule has 118 valence electrons. The molecule has 0 heterocycles. The van der Waals surface area contributed by atoms with Gasteiger partial charge in [-0.25, -0.2) is 4.79 Å². The van der Waals surface area contributed by atoms with Crippen molar-refractivity contribution in [1.82, 2.24) is 0 Å². The van der Waals surface area contributed by atoms with E-state index in [1.54, 1.807) is 0 Å². The normalized spacial score (nSPS) is 13.0. The van der Waals surface area contributed by atoms with E-state index in [4.69, 9.17) is 5.11 Å². The molecule has 0 radical (unpaired) electrons. The maximum Gasteiger partial charge on any atom is 0.328 e. The van der Waals surface area contributed by atoms with Crippen LogP contribution in [0.2, 0.25) is 0 Å². The van der Waals surface area contributed by atoms with Crippen molar-refractivity contribution in [3.63, 3.8) is 0 Å². The molecule has 1 rings (SSSR count). The average molecular weight is 298 g/mol. The molecule has 1 aromatic carbocycles. The van der Waals surface area contributed by atoms with Gasteiger partial charge < -0.3 is 5.11 Å². The third-order valence-electron chi connectivity index (χ3n) is 3.89. The molecule has 0 aliphatic carbocycles. The van der Waals surface area contributed by atoms with E-state index in [-0.39, 0.29) is 0 Å². The zero-order chi connectivity index (χ0) is 16.7. The molecule has 2 heteroatoms. The van der Waals surface area contributed by atoms with Gasteiger partial charge in [-0.1, -0.05) is 41.5 Å². The summed E-state index contributed by atoms with van der Waals surface area (Å²) in [6.07, 6.45) is 9.36. The Bertz CT molecular complexity index is 631. The fourth-order valence-electron chi connectivity index (χ4n) is 2.32. The number of hydrogen-bond acceptors (Lipinski definition) is 1. The Morgan fingerprint density at radius 1 is 1.14 bits per heavy atom. The van der Waals surface area contributed by atoms with E-state index >= 15 is 0 Å². The molecular weight excluding hydrogens is 272 g/mol. The lowest BCUT2D eigenvalue weighted by molar-refractivity contribution is -0.131. The monoisotopic (exact) mass is 298 g/mol. The predicted octanol–water partition coefficient (Wildman–Crippen LogP) is 5.38. The van der Waals surface area contributed by atoms with E-state index in [1.807, 2.05) is 6.92 Å². The maximum absolute atomic E-state index is 10.6. The standard InChI is InChI=1S/C20H26O2/c1-14(7-6-8-15(2)13-20(21)22)9-12-19-17(4)11-10-16(3)18(19)5/h7,9-13H,6,8H2,1-5H3,(H,21,22)/b12-9+,14-7+,15-13+. The van der Waals surface area contributed by atoms with Crippen molar-refractivity contribution >= 4 is 12.0 Å². The van der Waals surface area contributed by atoms with E-state index in [1.165, 1.54) is 33.9 Å². The van der Waals surface area contributed by atoms with Crippen LogP contribution in [0.25, 0.3) is 6.08 Å². The van der Waals surface area contributed by atoms with Crippen molar-refractivity contribution in [2.24, 2.45) is 0 Å². The topological polar surface area (TPSA) is 37.3 Å². The molecule has 1 aromatic rings. The maximum atomic E-state index is 10.6. The second-order valence-electron chi connectivity index (χ2n) is 5.89. The molecule has 2 nitrogen and oxygen atoms in total. The number of aliphatic carboxylic acids is 1. The van der Waals surface area contributed by atoms with Gasteiger partial charge in [-0.3, -0.25) is 0 Å². The van der Waals surface area contributed by atoms with Crippen molar-refractivity contribution < 1.29 is 9.90 Å². The first kappa shape index (κ1) is 18.0. The second kappa shape index (κ2) is 8.38. The van der Waals surface area contributed by atoms with Crippen LogP contribution in [0.4, 0.5) is 0 Å². The van der Waals surface area contributed by atoms with E-state index < -0.39 is 5.97 Å². The predicted molar refractivity (Wildman–Crippen MR) is 94.1 cm³/mol. The fraction of sp³-hybridized carbons (Fsp3) is 0.350. The van der Waals surface area contributed by atoms with E-state index in [9.17, 15) is 4.79 Å². The molecule has 0 saturated heterocycles. The molecule has 0 atom stereocenters. The van der Waals surface area contributed by atoms with E-state index in [0.29, 0.717) is 0 Å². The molecule has 0 aromatic heterocycles. The third-order valence-corrected chi connectivity index (χ3v) is 3.89. The minimum Gasteiger partial charge on any atom is -0.478 e. The van der Waals surface area contributed by atoms with Crippen LogP contribution in [0.5, 0.6) is 0 Å². The highest BCUT2D eigenvalue weighted by molar-refractivity contribution is 5.80. The minimum atomic E-state index is -0.872. The van der Waals surface area contributed by atoms with Crippen molar-refractivity contribution in [2.45, 2.75) is 47.5 Å². The third kappa shape index (κ3) is 5.72. The summed E-state index contributed by atoms with van der Waals surface area (Å²) in [4.78, 5) is 10.6. The lowest BCUT2D eigenvalue weighted by atomic mass is 9.97. The first-order valence-electron chi connectivity index (χ1n) is 7.63. The molecule has 0 unspecified atom stereocenters. The molecule has 0 spiro atoms. The van der Waals surface area contributed by atoms with Crippen LogP contribution >= 0.6 is 0 Å². The summed E-state index contributed by atoms with van der Waals surface area (Å²) in [5, 5.41) is 8.67. The number of carboxylic acids is 1. The van der Waals surface area contributed by atoms with Gasteiger partial charge >= 0.3 is 5.97 Å². The molecule has 0 amide bonds. The molecule has 0 aliphatic heterocycles. The lowest BCUT2D eigenvalue weighted by Crippen LogP contribution is -1.90. The molecule has 0 bridgehead atoms. The highest BCUT2D eigenvalue weighted by atomic mass is 16.4. The summed E-state index contributed by atoms with van der Waals surface area (Å²) in [5.41, 5.74) is 7.29. The van der Waals surface area contributed by atoms with Crippen molar-refractivity contribution in [3.05, 3.63) is 63.8 Å². The largest absolute Gasteiger partial charge is 0.478 e. The molecule has 0 aliphatic rings. The summed E-state index contributed by atoms with van der Waals surface area (Å²) in [7, 11) is 0. The first-order valence-corrected chi connectivity index (χ1v) is 7.63. The first-order chi connectivity index (χ1) is 10.3. The number of carboxylic acid groups (broad SMARTS) is 1. The van der Waals surface area contributed by atoms with Crippen LogP contribution in [0, 0.1) is 20.8 Å². The van der Waals surface area contributed by atoms with Gasteiger partial charge in [0.25, 0.3) is 0 Å². The van der Waals surface area contributed by atoms with Crippen LogP contribution in [0.15, 0.2) is 41.5 Å². The zero-order valence-corrected chi connectivity index (χ0v) is 14.2. The lowest BCUT2D eigenvalue weighted by Gasteiger charge is -2.08. The van der Waals surface area contributed by atoms with Gasteiger partial charge in [0.1, 0.15) is 0 Å². The number of hydrogen-bond donors (Lipinski definition) is 1. The van der Waals surface area contributed by atoms with Crippen LogP contribution < -0.4 is 0 Å². The Hall–Kier alpha value is -2.09. The number of carbonyl (C=O) groups is 1. The molecule has 0 fully saturated rings. The van der Waals surface area contributed by atoms with E-state index in [0.717, 1.165) is 18.4 Å².